The monoisotopic (exact) mass is 558 g/mol. The van der Waals surface area contributed by atoms with Crippen molar-refractivity contribution in [3.05, 3.63) is 87.7 Å². The molecule has 2 heterocycles. The van der Waals surface area contributed by atoms with Gasteiger partial charge in [0.1, 0.15) is 11.7 Å². The number of anilines is 2. The third-order valence-corrected chi connectivity index (χ3v) is 8.18. The van der Waals surface area contributed by atoms with Gasteiger partial charge >= 0.3 is 12.1 Å². The molecule has 1 aliphatic heterocycles. The quantitative estimate of drug-likeness (QED) is 0.280. The Morgan fingerprint density at radius 2 is 1.74 bits per heavy atom. The van der Waals surface area contributed by atoms with E-state index in [0.29, 0.717) is 26.6 Å². The highest BCUT2D eigenvalue weighted by Crippen LogP contribution is 2.40. The Balaban J connectivity index is 1.91. The van der Waals surface area contributed by atoms with Crippen molar-refractivity contribution in [3.63, 3.8) is 0 Å². The van der Waals surface area contributed by atoms with E-state index in [2.05, 4.69) is 4.72 Å². The first-order valence-corrected chi connectivity index (χ1v) is 13.0. The molecule has 39 heavy (non-hydrogen) atoms. The third kappa shape index (κ3) is 4.38. The Hall–Kier alpha value is -4.36. The maximum atomic E-state index is 13.6. The predicted molar refractivity (Wildman–Crippen MR) is 139 cm³/mol. The lowest BCUT2D eigenvalue weighted by Crippen LogP contribution is -2.48. The standard InChI is InChI=1S/C26H21F3N4O5S/c27-26(28,29)15-5-3-4-14(10-15)21-18(11-13-8-9-19(30)17-7-2-1-6-16(13)17)22(31)23(34)33-20(25(35)36)12-32-39(37,38)24(21)33/h1-10,20,32H,11-12,30-31H2,(H,35,36). The Kier molecular flexibility index (Phi) is 6.15. The summed E-state index contributed by atoms with van der Waals surface area (Å²) in [6, 6.07) is 12.5. The number of aromatic nitrogens is 1. The van der Waals surface area contributed by atoms with Crippen LogP contribution < -0.4 is 21.7 Å². The second-order valence-corrected chi connectivity index (χ2v) is 10.8. The molecule has 0 spiro atoms. The molecule has 0 aliphatic carbocycles. The van der Waals surface area contributed by atoms with Crippen LogP contribution in [0.25, 0.3) is 21.9 Å². The molecule has 0 fully saturated rings. The minimum absolute atomic E-state index is 0.0584. The van der Waals surface area contributed by atoms with Crippen LogP contribution in [-0.2, 0) is 27.4 Å². The van der Waals surface area contributed by atoms with Crippen LogP contribution in [0.4, 0.5) is 24.5 Å². The summed E-state index contributed by atoms with van der Waals surface area (Å²) in [5.74, 6) is -1.52. The molecular weight excluding hydrogens is 537 g/mol. The van der Waals surface area contributed by atoms with Gasteiger partial charge in [-0.25, -0.2) is 17.9 Å². The zero-order chi connectivity index (χ0) is 28.3. The number of nitrogens with one attached hydrogen (secondary N) is 1. The van der Waals surface area contributed by atoms with E-state index in [1.54, 1.807) is 36.4 Å². The van der Waals surface area contributed by atoms with Crippen LogP contribution in [-0.4, -0.2) is 30.6 Å². The molecule has 6 N–H and O–H groups in total. The number of carboxylic acid groups (broad SMARTS) is 1. The van der Waals surface area contributed by atoms with Gasteiger partial charge in [0, 0.05) is 29.6 Å². The summed E-state index contributed by atoms with van der Waals surface area (Å²) >= 11 is 0. The minimum Gasteiger partial charge on any atom is -0.480 e. The van der Waals surface area contributed by atoms with E-state index in [-0.39, 0.29) is 23.1 Å². The number of nitrogens with zero attached hydrogens (tertiary/aromatic N) is 1. The second-order valence-electron chi connectivity index (χ2n) is 9.07. The average molecular weight is 559 g/mol. The lowest BCUT2D eigenvalue weighted by atomic mass is 9.91. The zero-order valence-corrected chi connectivity index (χ0v) is 20.8. The van der Waals surface area contributed by atoms with Crippen molar-refractivity contribution in [3.8, 4) is 11.1 Å². The van der Waals surface area contributed by atoms with E-state index in [1.165, 1.54) is 6.07 Å². The number of carboxylic acids is 1. The number of nitrogen functional groups attached to an aromatic ring is 2. The van der Waals surface area contributed by atoms with Crippen LogP contribution in [0.2, 0.25) is 0 Å². The number of carbonyl (C=O) groups is 1. The third-order valence-electron chi connectivity index (χ3n) is 6.72. The molecule has 0 amide bonds. The van der Waals surface area contributed by atoms with Gasteiger partial charge in [0.05, 0.1) is 5.56 Å². The summed E-state index contributed by atoms with van der Waals surface area (Å²) in [6.45, 7) is -0.645. The van der Waals surface area contributed by atoms with Crippen LogP contribution in [0.3, 0.4) is 0 Å². The molecule has 0 radical (unpaired) electrons. The molecular formula is C26H21F3N4O5S. The molecule has 4 aromatic rings. The first-order chi connectivity index (χ1) is 18.3. The highest BCUT2D eigenvalue weighted by atomic mass is 32.2. The normalized spacial score (nSPS) is 16.6. The molecule has 9 nitrogen and oxygen atoms in total. The van der Waals surface area contributed by atoms with Gasteiger partial charge < -0.3 is 16.6 Å². The fourth-order valence-electron chi connectivity index (χ4n) is 4.89. The van der Waals surface area contributed by atoms with Crippen LogP contribution in [0.5, 0.6) is 0 Å². The van der Waals surface area contributed by atoms with Gasteiger partial charge in [-0.05, 0) is 40.3 Å². The molecule has 0 saturated heterocycles. The number of pyridine rings is 1. The minimum atomic E-state index is -4.76. The van der Waals surface area contributed by atoms with Crippen molar-refractivity contribution in [1.82, 2.24) is 9.29 Å². The number of hydrogen-bond donors (Lipinski definition) is 4. The number of fused-ring (bicyclic) bond motifs is 2. The maximum Gasteiger partial charge on any atom is 0.416 e. The first-order valence-electron chi connectivity index (χ1n) is 11.5. The predicted octanol–water partition coefficient (Wildman–Crippen LogP) is 3.36. The van der Waals surface area contributed by atoms with Crippen molar-refractivity contribution in [2.75, 3.05) is 18.0 Å². The van der Waals surface area contributed by atoms with E-state index in [9.17, 15) is 36.3 Å². The Morgan fingerprint density at radius 3 is 2.41 bits per heavy atom. The lowest BCUT2D eigenvalue weighted by Gasteiger charge is -2.30. The molecule has 1 aliphatic rings. The largest absolute Gasteiger partial charge is 0.480 e. The highest BCUT2D eigenvalue weighted by Gasteiger charge is 2.40. The van der Waals surface area contributed by atoms with Crippen molar-refractivity contribution < 1.29 is 31.5 Å². The zero-order valence-electron chi connectivity index (χ0n) is 20.0. The van der Waals surface area contributed by atoms with E-state index in [1.807, 2.05) is 0 Å². The number of alkyl halides is 3. The van der Waals surface area contributed by atoms with Crippen LogP contribution >= 0.6 is 0 Å². The van der Waals surface area contributed by atoms with Crippen LogP contribution in [0.15, 0.2) is 70.5 Å². The van der Waals surface area contributed by atoms with E-state index in [4.69, 9.17) is 11.5 Å². The molecule has 0 saturated carbocycles. The molecule has 13 heteroatoms. The molecule has 1 atom stereocenters. The summed E-state index contributed by atoms with van der Waals surface area (Å²) in [7, 11) is -4.55. The van der Waals surface area contributed by atoms with Crippen LogP contribution in [0.1, 0.15) is 22.7 Å². The van der Waals surface area contributed by atoms with Gasteiger partial charge in [0.15, 0.2) is 5.03 Å². The summed E-state index contributed by atoms with van der Waals surface area (Å²) in [5.41, 5.74) is 10.2. The van der Waals surface area contributed by atoms with Gasteiger partial charge in [-0.1, -0.05) is 42.5 Å². The topological polar surface area (TPSA) is 158 Å². The van der Waals surface area contributed by atoms with Gasteiger partial charge in [-0.3, -0.25) is 9.36 Å². The number of hydrogen-bond acceptors (Lipinski definition) is 6. The average Bonchev–Trinajstić information content (AvgIpc) is 2.88. The summed E-state index contributed by atoms with van der Waals surface area (Å²) in [6.07, 6.45) is -4.92. The second kappa shape index (κ2) is 9.13. The molecule has 0 bridgehead atoms. The highest BCUT2D eigenvalue weighted by molar-refractivity contribution is 7.89. The number of nitrogens with two attached hydrogens (primary N) is 2. The maximum absolute atomic E-state index is 13.6. The number of sulfonamides is 1. The molecule has 3 aromatic carbocycles. The Morgan fingerprint density at radius 1 is 1.05 bits per heavy atom. The Bertz CT molecular complexity index is 1830. The molecule has 5 rings (SSSR count). The van der Waals surface area contributed by atoms with Gasteiger partial charge in [-0.15, -0.1) is 0 Å². The summed E-state index contributed by atoms with van der Waals surface area (Å²) in [5, 5.41) is 10.3. The first kappa shape index (κ1) is 26.3. The SMILES string of the molecule is Nc1c(Cc2ccc(N)c3ccccc23)c(-c2cccc(C(F)(F)F)c2)c2n(c1=O)C(C(=O)O)CNS2(=O)=O. The van der Waals surface area contributed by atoms with E-state index in [0.717, 1.165) is 18.2 Å². The van der Waals surface area contributed by atoms with Gasteiger partial charge in [0.2, 0.25) is 0 Å². The van der Waals surface area contributed by atoms with Crippen molar-refractivity contribution in [2.24, 2.45) is 0 Å². The Labute approximate surface area is 219 Å². The fourth-order valence-corrected chi connectivity index (χ4v) is 6.38. The lowest BCUT2D eigenvalue weighted by molar-refractivity contribution is -0.141. The summed E-state index contributed by atoms with van der Waals surface area (Å²) in [4.78, 5) is 25.4. The fraction of sp³-hybridized carbons (Fsp3) is 0.154. The number of rotatable bonds is 4. The number of aliphatic carboxylic acids is 1. The van der Waals surface area contributed by atoms with Gasteiger partial charge in [-0.2, -0.15) is 13.2 Å². The summed E-state index contributed by atoms with van der Waals surface area (Å²) < 4.78 is 70.2. The molecule has 202 valence electrons. The molecule has 1 unspecified atom stereocenters. The number of benzene rings is 3. The van der Waals surface area contributed by atoms with Gasteiger partial charge in [0.25, 0.3) is 15.6 Å². The smallest absolute Gasteiger partial charge is 0.416 e. The van der Waals surface area contributed by atoms with E-state index >= 15 is 0 Å². The van der Waals surface area contributed by atoms with E-state index < -0.39 is 56.6 Å². The molecule has 1 aromatic heterocycles. The van der Waals surface area contributed by atoms with Crippen molar-refractivity contribution in [1.29, 1.82) is 0 Å². The van der Waals surface area contributed by atoms with Crippen molar-refractivity contribution in [2.45, 2.75) is 23.7 Å². The van der Waals surface area contributed by atoms with Crippen molar-refractivity contribution >= 4 is 38.1 Å². The number of halogens is 3. The van der Waals surface area contributed by atoms with Crippen LogP contribution in [0, 0.1) is 0 Å².